The van der Waals surface area contributed by atoms with Crippen LogP contribution >= 0.6 is 0 Å². The summed E-state index contributed by atoms with van der Waals surface area (Å²) in [5.41, 5.74) is 6.62. The Hall–Kier alpha value is -0.120. The van der Waals surface area contributed by atoms with Gasteiger partial charge in [-0.3, -0.25) is 4.90 Å². The third-order valence-electron chi connectivity index (χ3n) is 5.82. The molecule has 21 heavy (non-hydrogen) atoms. The van der Waals surface area contributed by atoms with Crippen LogP contribution < -0.4 is 5.73 Å². The van der Waals surface area contributed by atoms with Gasteiger partial charge in [-0.15, -0.1) is 0 Å². The maximum Gasteiger partial charge on any atom is 0.0707 e. The number of fused-ring (bicyclic) bond motifs is 2. The lowest BCUT2D eigenvalue weighted by Crippen LogP contribution is -2.54. The van der Waals surface area contributed by atoms with E-state index in [1.54, 1.807) is 0 Å². The molecule has 4 atom stereocenters. The van der Waals surface area contributed by atoms with Crippen molar-refractivity contribution in [3.8, 4) is 0 Å². The van der Waals surface area contributed by atoms with Crippen LogP contribution in [0.4, 0.5) is 0 Å². The largest absolute Gasteiger partial charge is 0.372 e. The number of nitrogens with two attached hydrogens (primary N) is 1. The number of hydrogen-bond donors (Lipinski definition) is 1. The minimum Gasteiger partial charge on any atom is -0.372 e. The molecule has 3 rings (SSSR count). The molecule has 2 saturated heterocycles. The van der Waals surface area contributed by atoms with Gasteiger partial charge in [0.15, 0.2) is 0 Å². The molecule has 122 valence electrons. The molecule has 0 amide bonds. The first-order chi connectivity index (χ1) is 10.3. The van der Waals surface area contributed by atoms with Crippen LogP contribution in [-0.2, 0) is 4.74 Å². The quantitative estimate of drug-likeness (QED) is 0.805. The van der Waals surface area contributed by atoms with Crippen LogP contribution in [-0.4, -0.2) is 42.3 Å². The van der Waals surface area contributed by atoms with E-state index >= 15 is 0 Å². The fourth-order valence-corrected chi connectivity index (χ4v) is 4.57. The molecule has 2 aliphatic heterocycles. The Balaban J connectivity index is 1.58. The van der Waals surface area contributed by atoms with Gasteiger partial charge in [0.25, 0.3) is 0 Å². The highest BCUT2D eigenvalue weighted by Crippen LogP contribution is 2.30. The van der Waals surface area contributed by atoms with E-state index in [9.17, 15) is 0 Å². The first-order valence-corrected chi connectivity index (χ1v) is 9.48. The van der Waals surface area contributed by atoms with E-state index in [1.807, 2.05) is 0 Å². The van der Waals surface area contributed by atoms with Crippen LogP contribution in [0.3, 0.4) is 0 Å². The van der Waals surface area contributed by atoms with Gasteiger partial charge in [-0.2, -0.15) is 0 Å². The van der Waals surface area contributed by atoms with Crippen LogP contribution in [0.25, 0.3) is 0 Å². The summed E-state index contributed by atoms with van der Waals surface area (Å²) in [6.45, 7) is 2.27. The molecular formula is C18H34N2O. The Morgan fingerprint density at radius 1 is 0.667 bits per heavy atom. The minimum atomic E-state index is 0.377. The number of hydrogen-bond acceptors (Lipinski definition) is 3. The summed E-state index contributed by atoms with van der Waals surface area (Å²) in [4.78, 5) is 2.70. The van der Waals surface area contributed by atoms with E-state index in [2.05, 4.69) is 4.90 Å². The lowest BCUT2D eigenvalue weighted by molar-refractivity contribution is -0.0578. The summed E-state index contributed by atoms with van der Waals surface area (Å²) < 4.78 is 6.01. The summed E-state index contributed by atoms with van der Waals surface area (Å²) in [5.74, 6) is 0. The molecule has 2 heterocycles. The Morgan fingerprint density at radius 2 is 1.19 bits per heavy atom. The summed E-state index contributed by atoms with van der Waals surface area (Å²) in [5, 5.41) is 0. The molecular weight excluding hydrogens is 260 g/mol. The number of likely N-dealkylation sites (tertiary alicyclic amines) is 1. The Kier molecular flexibility index (Phi) is 5.96. The zero-order chi connectivity index (χ0) is 14.5. The lowest BCUT2D eigenvalue weighted by atomic mass is 9.93. The maximum absolute atomic E-state index is 6.62. The molecule has 2 N–H and O–H groups in total. The van der Waals surface area contributed by atoms with Gasteiger partial charge in [0, 0.05) is 25.2 Å². The van der Waals surface area contributed by atoms with E-state index < -0.39 is 0 Å². The highest BCUT2D eigenvalue weighted by molar-refractivity contribution is 4.91. The van der Waals surface area contributed by atoms with Crippen molar-refractivity contribution >= 4 is 0 Å². The van der Waals surface area contributed by atoms with Gasteiger partial charge in [-0.25, -0.2) is 0 Å². The molecule has 3 nitrogen and oxygen atoms in total. The molecule has 3 aliphatic rings. The standard InChI is InChI=1S/C18H34N2O/c19-17-9-7-5-3-1-2-4-6-8-10-18(17)20-13-15-11-12-16(14-20)21-15/h15-18H,1-14,19H2. The van der Waals surface area contributed by atoms with Crippen LogP contribution in [0, 0.1) is 0 Å². The normalized spacial score (nSPS) is 40.4. The average molecular weight is 294 g/mol. The van der Waals surface area contributed by atoms with Gasteiger partial charge >= 0.3 is 0 Å². The van der Waals surface area contributed by atoms with Gasteiger partial charge < -0.3 is 10.5 Å². The van der Waals surface area contributed by atoms with Crippen molar-refractivity contribution in [3.05, 3.63) is 0 Å². The molecule has 0 aromatic heterocycles. The smallest absolute Gasteiger partial charge is 0.0707 e. The summed E-state index contributed by atoms with van der Waals surface area (Å²) in [7, 11) is 0. The van der Waals surface area contributed by atoms with Crippen molar-refractivity contribution in [2.45, 2.75) is 101 Å². The van der Waals surface area contributed by atoms with Gasteiger partial charge in [0.1, 0.15) is 0 Å². The van der Waals surface area contributed by atoms with Gasteiger partial charge in [-0.05, 0) is 25.7 Å². The predicted molar refractivity (Wildman–Crippen MR) is 87.4 cm³/mol. The number of ether oxygens (including phenoxy) is 1. The first kappa shape index (κ1) is 15.8. The molecule has 2 bridgehead atoms. The Labute approximate surface area is 130 Å². The monoisotopic (exact) mass is 294 g/mol. The summed E-state index contributed by atoms with van der Waals surface area (Å²) in [6.07, 6.45) is 17.3. The average Bonchev–Trinajstić information content (AvgIpc) is 2.81. The van der Waals surface area contributed by atoms with E-state index in [0.29, 0.717) is 24.3 Å². The van der Waals surface area contributed by atoms with Crippen LogP contribution in [0.15, 0.2) is 0 Å². The lowest BCUT2D eigenvalue weighted by Gasteiger charge is -2.41. The van der Waals surface area contributed by atoms with Crippen molar-refractivity contribution in [1.29, 1.82) is 0 Å². The van der Waals surface area contributed by atoms with E-state index in [1.165, 1.54) is 77.0 Å². The van der Waals surface area contributed by atoms with Crippen molar-refractivity contribution in [1.82, 2.24) is 4.90 Å². The predicted octanol–water partition coefficient (Wildman–Crippen LogP) is 3.46. The van der Waals surface area contributed by atoms with E-state index in [-0.39, 0.29) is 0 Å². The van der Waals surface area contributed by atoms with Crippen molar-refractivity contribution in [3.63, 3.8) is 0 Å². The fourth-order valence-electron chi connectivity index (χ4n) is 4.57. The highest BCUT2D eigenvalue weighted by Gasteiger charge is 2.37. The third-order valence-corrected chi connectivity index (χ3v) is 5.82. The Bertz CT molecular complexity index is 298. The summed E-state index contributed by atoms with van der Waals surface area (Å²) >= 11 is 0. The molecule has 3 fully saturated rings. The maximum atomic E-state index is 6.62. The number of nitrogens with zero attached hydrogens (tertiary/aromatic N) is 1. The second kappa shape index (κ2) is 7.94. The first-order valence-electron chi connectivity index (χ1n) is 9.48. The second-order valence-electron chi connectivity index (χ2n) is 7.55. The zero-order valence-electron chi connectivity index (χ0n) is 13.6. The van der Waals surface area contributed by atoms with Crippen molar-refractivity contribution in [2.75, 3.05) is 13.1 Å². The van der Waals surface area contributed by atoms with Crippen molar-refractivity contribution in [2.24, 2.45) is 5.73 Å². The zero-order valence-corrected chi connectivity index (χ0v) is 13.6. The van der Waals surface area contributed by atoms with Crippen LogP contribution in [0.2, 0.25) is 0 Å². The number of rotatable bonds is 1. The minimum absolute atomic E-state index is 0.377. The molecule has 1 saturated carbocycles. The molecule has 4 unspecified atom stereocenters. The van der Waals surface area contributed by atoms with E-state index in [4.69, 9.17) is 10.5 Å². The molecule has 0 spiro atoms. The van der Waals surface area contributed by atoms with E-state index in [0.717, 1.165) is 13.1 Å². The van der Waals surface area contributed by atoms with Gasteiger partial charge in [0.2, 0.25) is 0 Å². The van der Waals surface area contributed by atoms with Gasteiger partial charge in [0.05, 0.1) is 12.2 Å². The molecule has 0 aromatic carbocycles. The van der Waals surface area contributed by atoms with Crippen LogP contribution in [0.5, 0.6) is 0 Å². The fraction of sp³-hybridized carbons (Fsp3) is 1.00. The topological polar surface area (TPSA) is 38.5 Å². The number of morpholine rings is 1. The molecule has 1 aliphatic carbocycles. The summed E-state index contributed by atoms with van der Waals surface area (Å²) in [6, 6.07) is 0.985. The Morgan fingerprint density at radius 3 is 1.81 bits per heavy atom. The highest BCUT2D eigenvalue weighted by atomic mass is 16.5. The van der Waals surface area contributed by atoms with Crippen LogP contribution in [0.1, 0.15) is 77.0 Å². The van der Waals surface area contributed by atoms with Gasteiger partial charge in [-0.1, -0.05) is 51.4 Å². The molecule has 0 radical (unpaired) electrons. The SMILES string of the molecule is NC1CCCCCCCCCCC1N1CC2CCC(C1)O2. The second-order valence-corrected chi connectivity index (χ2v) is 7.55. The molecule has 0 aromatic rings. The molecule has 3 heteroatoms. The third kappa shape index (κ3) is 4.43. The van der Waals surface area contributed by atoms with Crippen molar-refractivity contribution < 1.29 is 4.74 Å².